The third-order valence-corrected chi connectivity index (χ3v) is 2.65. The highest BCUT2D eigenvalue weighted by Crippen LogP contribution is 2.13. The Morgan fingerprint density at radius 2 is 2.00 bits per heavy atom. The zero-order chi connectivity index (χ0) is 13.0. The maximum absolute atomic E-state index is 4.44. The second-order valence-corrected chi connectivity index (χ2v) is 4.17. The standard InChI is InChI=1S/C13H17N5/c1-4-11-7-13(17-10(2)16-11)18(3)9-12-8-14-5-6-15-12/h5-8H,4,9H2,1-3H3. The fourth-order valence-electron chi connectivity index (χ4n) is 1.72. The number of hydrogen-bond donors (Lipinski definition) is 0. The topological polar surface area (TPSA) is 54.8 Å². The molecule has 0 bridgehead atoms. The third kappa shape index (κ3) is 3.00. The van der Waals surface area contributed by atoms with E-state index in [1.54, 1.807) is 18.6 Å². The number of aromatic nitrogens is 4. The predicted molar refractivity (Wildman–Crippen MR) is 70.3 cm³/mol. The summed E-state index contributed by atoms with van der Waals surface area (Å²) in [6.45, 7) is 4.69. The summed E-state index contributed by atoms with van der Waals surface area (Å²) in [5, 5.41) is 0. The van der Waals surface area contributed by atoms with E-state index in [1.807, 2.05) is 20.0 Å². The summed E-state index contributed by atoms with van der Waals surface area (Å²) >= 11 is 0. The summed E-state index contributed by atoms with van der Waals surface area (Å²) < 4.78 is 0. The van der Waals surface area contributed by atoms with Gasteiger partial charge in [-0.25, -0.2) is 9.97 Å². The molecule has 2 aromatic rings. The van der Waals surface area contributed by atoms with Gasteiger partial charge in [0.15, 0.2) is 0 Å². The summed E-state index contributed by atoms with van der Waals surface area (Å²) in [7, 11) is 2.00. The van der Waals surface area contributed by atoms with Crippen molar-refractivity contribution >= 4 is 5.82 Å². The molecule has 0 aromatic carbocycles. The summed E-state index contributed by atoms with van der Waals surface area (Å²) in [6.07, 6.45) is 6.06. The minimum Gasteiger partial charge on any atom is -0.354 e. The van der Waals surface area contributed by atoms with Gasteiger partial charge in [-0.1, -0.05) is 6.92 Å². The first kappa shape index (κ1) is 12.4. The molecule has 0 atom stereocenters. The van der Waals surface area contributed by atoms with Gasteiger partial charge in [-0.15, -0.1) is 0 Å². The summed E-state index contributed by atoms with van der Waals surface area (Å²) in [5.41, 5.74) is 1.98. The fourth-order valence-corrected chi connectivity index (χ4v) is 1.72. The molecule has 0 aliphatic carbocycles. The number of rotatable bonds is 4. The van der Waals surface area contributed by atoms with Crippen LogP contribution in [0.1, 0.15) is 24.1 Å². The molecule has 94 valence electrons. The lowest BCUT2D eigenvalue weighted by Gasteiger charge is -2.18. The highest BCUT2D eigenvalue weighted by atomic mass is 15.2. The zero-order valence-electron chi connectivity index (χ0n) is 11.0. The van der Waals surface area contributed by atoms with Gasteiger partial charge in [0, 0.05) is 31.2 Å². The van der Waals surface area contributed by atoms with Gasteiger partial charge in [-0.05, 0) is 13.3 Å². The van der Waals surface area contributed by atoms with Gasteiger partial charge in [-0.3, -0.25) is 9.97 Å². The number of nitrogens with zero attached hydrogens (tertiary/aromatic N) is 5. The monoisotopic (exact) mass is 243 g/mol. The normalized spacial score (nSPS) is 10.4. The van der Waals surface area contributed by atoms with E-state index in [0.29, 0.717) is 6.54 Å². The van der Waals surface area contributed by atoms with Crippen LogP contribution in [0.2, 0.25) is 0 Å². The largest absolute Gasteiger partial charge is 0.354 e. The van der Waals surface area contributed by atoms with Crippen LogP contribution in [0.25, 0.3) is 0 Å². The number of anilines is 1. The minimum atomic E-state index is 0.688. The van der Waals surface area contributed by atoms with Crippen LogP contribution in [-0.4, -0.2) is 27.0 Å². The molecule has 0 fully saturated rings. The van der Waals surface area contributed by atoms with Crippen LogP contribution in [0.15, 0.2) is 24.7 Å². The molecule has 0 saturated carbocycles. The molecule has 0 amide bonds. The van der Waals surface area contributed by atoms with Crippen LogP contribution in [-0.2, 0) is 13.0 Å². The van der Waals surface area contributed by atoms with Gasteiger partial charge in [0.05, 0.1) is 18.4 Å². The van der Waals surface area contributed by atoms with Crippen molar-refractivity contribution in [2.45, 2.75) is 26.8 Å². The highest BCUT2D eigenvalue weighted by molar-refractivity contribution is 5.39. The Bertz CT molecular complexity index is 512. The van der Waals surface area contributed by atoms with E-state index in [0.717, 1.165) is 29.5 Å². The average Bonchev–Trinajstić information content (AvgIpc) is 2.39. The highest BCUT2D eigenvalue weighted by Gasteiger charge is 2.07. The third-order valence-electron chi connectivity index (χ3n) is 2.65. The van der Waals surface area contributed by atoms with Crippen molar-refractivity contribution < 1.29 is 0 Å². The van der Waals surface area contributed by atoms with Gasteiger partial charge in [0.1, 0.15) is 11.6 Å². The zero-order valence-corrected chi connectivity index (χ0v) is 11.0. The second kappa shape index (κ2) is 5.53. The van der Waals surface area contributed by atoms with Crippen LogP contribution in [0, 0.1) is 6.92 Å². The molecular formula is C13H17N5. The molecule has 0 aliphatic heterocycles. The first-order chi connectivity index (χ1) is 8.69. The van der Waals surface area contributed by atoms with Crippen LogP contribution in [0.3, 0.4) is 0 Å². The minimum absolute atomic E-state index is 0.688. The lowest BCUT2D eigenvalue weighted by Crippen LogP contribution is -2.19. The van der Waals surface area contributed by atoms with Crippen molar-refractivity contribution in [1.82, 2.24) is 19.9 Å². The molecule has 2 heterocycles. The number of aryl methyl sites for hydroxylation is 2. The lowest BCUT2D eigenvalue weighted by atomic mass is 10.3. The van der Waals surface area contributed by atoms with Crippen LogP contribution in [0.5, 0.6) is 0 Å². The maximum atomic E-state index is 4.44. The Morgan fingerprint density at radius 3 is 2.67 bits per heavy atom. The molecule has 0 saturated heterocycles. The summed E-state index contributed by atoms with van der Waals surface area (Å²) in [5.74, 6) is 1.72. The van der Waals surface area contributed by atoms with Gasteiger partial charge in [0.25, 0.3) is 0 Å². The number of hydrogen-bond acceptors (Lipinski definition) is 5. The van der Waals surface area contributed by atoms with Crippen molar-refractivity contribution in [2.75, 3.05) is 11.9 Å². The van der Waals surface area contributed by atoms with E-state index in [1.165, 1.54) is 0 Å². The van der Waals surface area contributed by atoms with Crippen LogP contribution in [0.4, 0.5) is 5.82 Å². The molecular weight excluding hydrogens is 226 g/mol. The van der Waals surface area contributed by atoms with Crippen LogP contribution < -0.4 is 4.90 Å². The predicted octanol–water partition coefficient (Wildman–Crippen LogP) is 1.77. The molecule has 18 heavy (non-hydrogen) atoms. The molecule has 0 N–H and O–H groups in total. The lowest BCUT2D eigenvalue weighted by molar-refractivity contribution is 0.834. The Balaban J connectivity index is 2.18. The van der Waals surface area contributed by atoms with E-state index in [9.17, 15) is 0 Å². The van der Waals surface area contributed by atoms with E-state index in [2.05, 4.69) is 31.8 Å². The molecule has 0 radical (unpaired) electrons. The van der Waals surface area contributed by atoms with Crippen molar-refractivity contribution in [3.8, 4) is 0 Å². The summed E-state index contributed by atoms with van der Waals surface area (Å²) in [4.78, 5) is 19.2. The Kier molecular flexibility index (Phi) is 3.82. The van der Waals surface area contributed by atoms with E-state index < -0.39 is 0 Å². The summed E-state index contributed by atoms with van der Waals surface area (Å²) in [6, 6.07) is 2.02. The fraction of sp³-hybridized carbons (Fsp3) is 0.385. The Morgan fingerprint density at radius 1 is 1.17 bits per heavy atom. The van der Waals surface area contributed by atoms with E-state index >= 15 is 0 Å². The molecule has 0 unspecified atom stereocenters. The first-order valence-electron chi connectivity index (χ1n) is 5.99. The van der Waals surface area contributed by atoms with E-state index in [-0.39, 0.29) is 0 Å². The van der Waals surface area contributed by atoms with Gasteiger partial charge >= 0.3 is 0 Å². The Labute approximate surface area is 107 Å². The molecule has 0 spiro atoms. The van der Waals surface area contributed by atoms with Crippen molar-refractivity contribution in [2.24, 2.45) is 0 Å². The SMILES string of the molecule is CCc1cc(N(C)Cc2cnccn2)nc(C)n1. The average molecular weight is 243 g/mol. The van der Waals surface area contributed by atoms with Crippen LogP contribution >= 0.6 is 0 Å². The quantitative estimate of drug-likeness (QED) is 0.819. The maximum Gasteiger partial charge on any atom is 0.132 e. The molecule has 2 rings (SSSR count). The molecule has 0 aliphatic rings. The van der Waals surface area contributed by atoms with Gasteiger partial charge < -0.3 is 4.90 Å². The van der Waals surface area contributed by atoms with Crippen molar-refractivity contribution in [3.05, 3.63) is 41.9 Å². The van der Waals surface area contributed by atoms with E-state index in [4.69, 9.17) is 0 Å². The second-order valence-electron chi connectivity index (χ2n) is 4.17. The van der Waals surface area contributed by atoms with Gasteiger partial charge in [0.2, 0.25) is 0 Å². The Hall–Kier alpha value is -2.04. The molecule has 5 heteroatoms. The molecule has 5 nitrogen and oxygen atoms in total. The first-order valence-corrected chi connectivity index (χ1v) is 5.99. The van der Waals surface area contributed by atoms with Crippen molar-refractivity contribution in [3.63, 3.8) is 0 Å². The molecule has 2 aromatic heterocycles. The smallest absolute Gasteiger partial charge is 0.132 e. The van der Waals surface area contributed by atoms with Crippen molar-refractivity contribution in [1.29, 1.82) is 0 Å². The van der Waals surface area contributed by atoms with Gasteiger partial charge in [-0.2, -0.15) is 0 Å².